The monoisotopic (exact) mass is 291 g/mol. The van der Waals surface area contributed by atoms with E-state index >= 15 is 0 Å². The summed E-state index contributed by atoms with van der Waals surface area (Å²) in [7, 11) is 0. The van der Waals surface area contributed by atoms with E-state index < -0.39 is 0 Å². The first-order chi connectivity index (χ1) is 9.74. The van der Waals surface area contributed by atoms with Crippen molar-refractivity contribution in [1.82, 2.24) is 4.90 Å². The van der Waals surface area contributed by atoms with Gasteiger partial charge in [0, 0.05) is 6.54 Å². The average Bonchev–Trinajstić information content (AvgIpc) is 3.01. The van der Waals surface area contributed by atoms with Crippen LogP contribution in [0.3, 0.4) is 0 Å². The molecule has 1 saturated heterocycles. The lowest BCUT2D eigenvalue weighted by Crippen LogP contribution is -2.42. The highest BCUT2D eigenvalue weighted by atomic mass is 32.1. The van der Waals surface area contributed by atoms with Gasteiger partial charge in [0.1, 0.15) is 11.9 Å². The van der Waals surface area contributed by atoms with Gasteiger partial charge in [-0.3, -0.25) is 4.79 Å². The zero-order chi connectivity index (χ0) is 13.9. The van der Waals surface area contributed by atoms with Crippen LogP contribution < -0.4 is 0 Å². The van der Waals surface area contributed by atoms with Crippen LogP contribution >= 0.6 is 11.3 Å². The Hall–Kier alpha value is -1.72. The highest BCUT2D eigenvalue weighted by molar-refractivity contribution is 7.12. The van der Waals surface area contributed by atoms with Crippen molar-refractivity contribution < 1.29 is 13.9 Å². The van der Waals surface area contributed by atoms with E-state index in [1.807, 2.05) is 17.5 Å². The standard InChI is InChI=1S/C15H14FNO2S/c16-12-5-3-11(4-6-12)13-10-17(7-8-19-13)15(18)14-2-1-9-20-14/h1-6,9,13H,7-8,10H2/t13-/m1/s1. The molecule has 0 aliphatic carbocycles. The fourth-order valence-electron chi connectivity index (χ4n) is 2.27. The molecule has 1 aliphatic rings. The first-order valence-corrected chi connectivity index (χ1v) is 7.32. The summed E-state index contributed by atoms with van der Waals surface area (Å²) in [6, 6.07) is 9.95. The minimum atomic E-state index is -0.268. The molecule has 0 N–H and O–H groups in total. The third-order valence-electron chi connectivity index (χ3n) is 3.33. The number of morpholine rings is 1. The molecule has 0 radical (unpaired) electrons. The van der Waals surface area contributed by atoms with E-state index in [4.69, 9.17) is 4.74 Å². The van der Waals surface area contributed by atoms with Crippen LogP contribution in [-0.4, -0.2) is 30.5 Å². The van der Waals surface area contributed by atoms with Gasteiger partial charge in [-0.15, -0.1) is 11.3 Å². The van der Waals surface area contributed by atoms with Crippen molar-refractivity contribution >= 4 is 17.2 Å². The molecule has 0 spiro atoms. The molecule has 2 heterocycles. The number of nitrogens with zero attached hydrogens (tertiary/aromatic N) is 1. The van der Waals surface area contributed by atoms with Crippen LogP contribution in [0.2, 0.25) is 0 Å². The zero-order valence-electron chi connectivity index (χ0n) is 10.8. The molecule has 1 amide bonds. The molecule has 2 aromatic rings. The summed E-state index contributed by atoms with van der Waals surface area (Å²) in [5.41, 5.74) is 0.898. The van der Waals surface area contributed by atoms with E-state index in [1.165, 1.54) is 23.5 Å². The van der Waals surface area contributed by atoms with E-state index in [0.29, 0.717) is 19.7 Å². The van der Waals surface area contributed by atoms with Crippen LogP contribution in [0.15, 0.2) is 41.8 Å². The maximum atomic E-state index is 12.9. The van der Waals surface area contributed by atoms with E-state index in [-0.39, 0.29) is 17.8 Å². The molecular formula is C15H14FNO2S. The molecule has 20 heavy (non-hydrogen) atoms. The molecule has 0 bridgehead atoms. The number of rotatable bonds is 2. The minimum absolute atomic E-state index is 0.0374. The Bertz CT molecular complexity index is 582. The van der Waals surface area contributed by atoms with Crippen LogP contribution in [-0.2, 0) is 4.74 Å². The van der Waals surface area contributed by atoms with Gasteiger partial charge >= 0.3 is 0 Å². The predicted molar refractivity (Wildman–Crippen MR) is 75.3 cm³/mol. The molecule has 3 rings (SSSR count). The van der Waals surface area contributed by atoms with Gasteiger partial charge in [-0.2, -0.15) is 0 Å². The predicted octanol–water partition coefficient (Wildman–Crippen LogP) is 3.10. The highest BCUT2D eigenvalue weighted by Gasteiger charge is 2.26. The molecule has 0 saturated carbocycles. The van der Waals surface area contributed by atoms with Crippen molar-refractivity contribution in [3.63, 3.8) is 0 Å². The fourth-order valence-corrected chi connectivity index (χ4v) is 2.96. The molecule has 3 nitrogen and oxygen atoms in total. The normalized spacial score (nSPS) is 19.1. The highest BCUT2D eigenvalue weighted by Crippen LogP contribution is 2.24. The van der Waals surface area contributed by atoms with Gasteiger partial charge in [-0.1, -0.05) is 18.2 Å². The Morgan fingerprint density at radius 1 is 1.30 bits per heavy atom. The summed E-state index contributed by atoms with van der Waals surface area (Å²) in [5.74, 6) is -0.230. The van der Waals surface area contributed by atoms with Gasteiger partial charge in [0.25, 0.3) is 5.91 Å². The summed E-state index contributed by atoms with van der Waals surface area (Å²) in [6.07, 6.45) is -0.187. The van der Waals surface area contributed by atoms with Crippen molar-refractivity contribution in [2.75, 3.05) is 19.7 Å². The van der Waals surface area contributed by atoms with Crippen molar-refractivity contribution in [2.24, 2.45) is 0 Å². The first kappa shape index (κ1) is 13.3. The maximum Gasteiger partial charge on any atom is 0.264 e. The molecule has 1 aromatic carbocycles. The number of thiophene rings is 1. The number of amides is 1. The van der Waals surface area contributed by atoms with Crippen LogP contribution in [0.5, 0.6) is 0 Å². The smallest absolute Gasteiger partial charge is 0.264 e. The minimum Gasteiger partial charge on any atom is -0.370 e. The summed E-state index contributed by atoms with van der Waals surface area (Å²) < 4.78 is 18.6. The summed E-state index contributed by atoms with van der Waals surface area (Å²) in [5, 5.41) is 1.89. The lowest BCUT2D eigenvalue weighted by atomic mass is 10.1. The largest absolute Gasteiger partial charge is 0.370 e. The van der Waals surface area contributed by atoms with Gasteiger partial charge in [0.2, 0.25) is 0 Å². The number of ether oxygens (including phenoxy) is 1. The fraction of sp³-hybridized carbons (Fsp3) is 0.267. The quantitative estimate of drug-likeness (QED) is 0.851. The second kappa shape index (κ2) is 5.73. The van der Waals surface area contributed by atoms with E-state index in [9.17, 15) is 9.18 Å². The summed E-state index contributed by atoms with van der Waals surface area (Å²) in [4.78, 5) is 14.8. The second-order valence-corrected chi connectivity index (χ2v) is 5.59. The Labute approximate surface area is 120 Å². The maximum absolute atomic E-state index is 12.9. The molecule has 1 aliphatic heterocycles. The Morgan fingerprint density at radius 2 is 2.10 bits per heavy atom. The van der Waals surface area contributed by atoms with Crippen LogP contribution in [0.1, 0.15) is 21.3 Å². The van der Waals surface area contributed by atoms with E-state index in [1.54, 1.807) is 17.0 Å². The van der Waals surface area contributed by atoms with Gasteiger partial charge in [-0.05, 0) is 29.1 Å². The van der Waals surface area contributed by atoms with E-state index in [0.717, 1.165) is 10.4 Å². The van der Waals surface area contributed by atoms with Crippen LogP contribution in [0, 0.1) is 5.82 Å². The molecule has 1 fully saturated rings. The molecular weight excluding hydrogens is 277 g/mol. The summed E-state index contributed by atoms with van der Waals surface area (Å²) >= 11 is 1.44. The summed E-state index contributed by atoms with van der Waals surface area (Å²) in [6.45, 7) is 1.59. The third-order valence-corrected chi connectivity index (χ3v) is 4.19. The number of benzene rings is 1. The molecule has 0 unspecified atom stereocenters. The number of hydrogen-bond donors (Lipinski definition) is 0. The molecule has 1 atom stereocenters. The van der Waals surface area contributed by atoms with Gasteiger partial charge in [0.05, 0.1) is 18.0 Å². The lowest BCUT2D eigenvalue weighted by molar-refractivity contribution is -0.0226. The average molecular weight is 291 g/mol. The Balaban J connectivity index is 1.73. The van der Waals surface area contributed by atoms with Gasteiger partial charge < -0.3 is 9.64 Å². The Morgan fingerprint density at radius 3 is 2.80 bits per heavy atom. The number of carbonyl (C=O) groups excluding carboxylic acids is 1. The first-order valence-electron chi connectivity index (χ1n) is 6.44. The topological polar surface area (TPSA) is 29.5 Å². The SMILES string of the molecule is O=C(c1cccs1)N1CCO[C@@H](c2ccc(F)cc2)C1. The number of halogens is 1. The molecule has 5 heteroatoms. The Kier molecular flexibility index (Phi) is 3.80. The van der Waals surface area contributed by atoms with Crippen molar-refractivity contribution in [3.05, 3.63) is 58.0 Å². The second-order valence-electron chi connectivity index (χ2n) is 4.64. The van der Waals surface area contributed by atoms with Crippen LogP contribution in [0.25, 0.3) is 0 Å². The van der Waals surface area contributed by atoms with Gasteiger partial charge in [0.15, 0.2) is 0 Å². The van der Waals surface area contributed by atoms with E-state index in [2.05, 4.69) is 0 Å². The van der Waals surface area contributed by atoms with Crippen LogP contribution in [0.4, 0.5) is 4.39 Å². The molecule has 104 valence electrons. The van der Waals surface area contributed by atoms with Crippen molar-refractivity contribution in [2.45, 2.75) is 6.10 Å². The lowest BCUT2D eigenvalue weighted by Gasteiger charge is -2.33. The number of carbonyl (C=O) groups is 1. The van der Waals surface area contributed by atoms with Crippen molar-refractivity contribution in [3.8, 4) is 0 Å². The van der Waals surface area contributed by atoms with Gasteiger partial charge in [-0.25, -0.2) is 4.39 Å². The van der Waals surface area contributed by atoms with Crippen molar-refractivity contribution in [1.29, 1.82) is 0 Å². The third kappa shape index (κ3) is 2.73. The molecule has 1 aromatic heterocycles. The number of hydrogen-bond acceptors (Lipinski definition) is 3. The zero-order valence-corrected chi connectivity index (χ0v) is 11.6.